The molecule has 17 heavy (non-hydrogen) atoms. The van der Waals surface area contributed by atoms with E-state index in [1.807, 2.05) is 13.8 Å². The molecule has 0 aromatic rings. The molecule has 0 aliphatic heterocycles. The second-order valence-corrected chi connectivity index (χ2v) is 5.78. The van der Waals surface area contributed by atoms with Gasteiger partial charge < -0.3 is 10.1 Å². The first-order valence-corrected chi connectivity index (χ1v) is 7.22. The summed E-state index contributed by atoms with van der Waals surface area (Å²) < 4.78 is 16.1. The predicted octanol–water partition coefficient (Wildman–Crippen LogP) is -0.413. The van der Waals surface area contributed by atoms with Gasteiger partial charge in [0.05, 0.1) is 6.61 Å². The molecule has 4 N–H and O–H groups in total. The lowest BCUT2D eigenvalue weighted by molar-refractivity contribution is 0.179. The molecule has 0 spiro atoms. The topological polar surface area (TPSA) is 88.7 Å². The van der Waals surface area contributed by atoms with Crippen LogP contribution in [0.5, 0.6) is 0 Å². The summed E-state index contributed by atoms with van der Waals surface area (Å²) in [4.78, 5) is 4.27. The summed E-state index contributed by atoms with van der Waals surface area (Å²) in [5.74, 6) is 5.88. The highest BCUT2D eigenvalue weighted by atomic mass is 32.2. The third-order valence-corrected chi connectivity index (χ3v) is 3.68. The van der Waals surface area contributed by atoms with Crippen LogP contribution in [0.2, 0.25) is 0 Å². The van der Waals surface area contributed by atoms with E-state index < -0.39 is 10.8 Å². The molecule has 6 nitrogen and oxygen atoms in total. The summed E-state index contributed by atoms with van der Waals surface area (Å²) in [6.45, 7) is 5.09. The van der Waals surface area contributed by atoms with Crippen molar-refractivity contribution in [1.82, 2.24) is 10.7 Å². The highest BCUT2D eigenvalue weighted by Crippen LogP contribution is 1.98. The summed E-state index contributed by atoms with van der Waals surface area (Å²) in [6, 6.07) is 0.132. The Balaban J connectivity index is 4.04. The minimum atomic E-state index is -0.802. The van der Waals surface area contributed by atoms with Crippen molar-refractivity contribution in [2.45, 2.75) is 31.6 Å². The van der Waals surface area contributed by atoms with Crippen LogP contribution in [0.25, 0.3) is 0 Å². The molecule has 3 atom stereocenters. The van der Waals surface area contributed by atoms with Gasteiger partial charge in [0.1, 0.15) is 0 Å². The van der Waals surface area contributed by atoms with E-state index in [0.717, 1.165) is 6.42 Å². The molecule has 0 aromatic carbocycles. The monoisotopic (exact) mass is 264 g/mol. The first kappa shape index (κ1) is 16.3. The molecule has 3 unspecified atom stereocenters. The third kappa shape index (κ3) is 8.12. The zero-order chi connectivity index (χ0) is 13.3. The van der Waals surface area contributed by atoms with Crippen molar-refractivity contribution < 1.29 is 8.95 Å². The van der Waals surface area contributed by atoms with Gasteiger partial charge in [0.25, 0.3) is 0 Å². The number of rotatable bonds is 7. The van der Waals surface area contributed by atoms with Crippen LogP contribution in [0.15, 0.2) is 4.99 Å². The van der Waals surface area contributed by atoms with E-state index in [9.17, 15) is 4.21 Å². The number of hydrogen-bond acceptors (Lipinski definition) is 4. The van der Waals surface area contributed by atoms with E-state index in [1.165, 1.54) is 0 Å². The van der Waals surface area contributed by atoms with Crippen LogP contribution in [-0.4, -0.2) is 48.0 Å². The number of guanidine groups is 1. The second kappa shape index (κ2) is 9.38. The molecule has 102 valence electrons. The third-order valence-electron chi connectivity index (χ3n) is 2.31. The molecule has 0 aliphatic carbocycles. The summed E-state index contributed by atoms with van der Waals surface area (Å²) in [7, 11) is 0.840. The van der Waals surface area contributed by atoms with Gasteiger partial charge in [0.2, 0.25) is 5.96 Å². The molecule has 0 heterocycles. The van der Waals surface area contributed by atoms with E-state index in [-0.39, 0.29) is 11.3 Å². The Morgan fingerprint density at radius 1 is 1.53 bits per heavy atom. The van der Waals surface area contributed by atoms with Crippen LogP contribution in [-0.2, 0) is 15.5 Å². The van der Waals surface area contributed by atoms with E-state index in [0.29, 0.717) is 19.1 Å². The summed E-state index contributed by atoms with van der Waals surface area (Å²) in [6.07, 6.45) is 2.48. The molecule has 0 amide bonds. The normalized spacial score (nSPS) is 17.4. The van der Waals surface area contributed by atoms with Crippen molar-refractivity contribution in [3.63, 3.8) is 0 Å². The van der Waals surface area contributed by atoms with E-state index in [1.54, 1.807) is 13.4 Å². The molecule has 0 bridgehead atoms. The largest absolute Gasteiger partial charge is 0.383 e. The molecule has 0 saturated heterocycles. The van der Waals surface area contributed by atoms with E-state index in [2.05, 4.69) is 15.7 Å². The Morgan fingerprint density at radius 3 is 2.65 bits per heavy atom. The van der Waals surface area contributed by atoms with Gasteiger partial charge in [-0.25, -0.2) is 5.84 Å². The van der Waals surface area contributed by atoms with Crippen LogP contribution in [0.4, 0.5) is 0 Å². The molecule has 0 rings (SSSR count). The number of nitrogens with two attached hydrogens (primary N) is 1. The Kier molecular flexibility index (Phi) is 9.01. The summed E-state index contributed by atoms with van der Waals surface area (Å²) in [5.41, 5.74) is 2.50. The molecule has 0 aromatic heterocycles. The lowest BCUT2D eigenvalue weighted by Gasteiger charge is -2.15. The number of nitrogens with zero attached hydrogens (tertiary/aromatic N) is 1. The minimum absolute atomic E-state index is 0.132. The highest BCUT2D eigenvalue weighted by Gasteiger charge is 2.06. The Hall–Kier alpha value is -0.660. The molecule has 0 radical (unpaired) electrons. The maximum atomic E-state index is 11.1. The van der Waals surface area contributed by atoms with Crippen LogP contribution < -0.4 is 16.6 Å². The van der Waals surface area contributed by atoms with Crippen molar-refractivity contribution in [3.8, 4) is 0 Å². The van der Waals surface area contributed by atoms with Gasteiger partial charge in [0, 0.05) is 42.0 Å². The van der Waals surface area contributed by atoms with Crippen molar-refractivity contribution in [3.05, 3.63) is 0 Å². The smallest absolute Gasteiger partial charge is 0.206 e. The Morgan fingerprint density at radius 2 is 2.18 bits per heavy atom. The van der Waals surface area contributed by atoms with Crippen molar-refractivity contribution >= 4 is 16.8 Å². The van der Waals surface area contributed by atoms with Crippen LogP contribution in [0.3, 0.4) is 0 Å². The van der Waals surface area contributed by atoms with Gasteiger partial charge in [-0.15, -0.1) is 0 Å². The van der Waals surface area contributed by atoms with Crippen LogP contribution >= 0.6 is 0 Å². The van der Waals surface area contributed by atoms with Crippen LogP contribution in [0, 0.1) is 0 Å². The molecular formula is C10H24N4O2S. The molecule has 0 aliphatic rings. The fourth-order valence-electron chi connectivity index (χ4n) is 1.18. The predicted molar refractivity (Wildman–Crippen MR) is 72.2 cm³/mol. The highest BCUT2D eigenvalue weighted by molar-refractivity contribution is 7.84. The number of methoxy groups -OCH3 is 1. The lowest BCUT2D eigenvalue weighted by Crippen LogP contribution is -2.47. The van der Waals surface area contributed by atoms with Gasteiger partial charge in [-0.1, -0.05) is 6.92 Å². The molecule has 0 fully saturated rings. The average Bonchev–Trinajstić information content (AvgIpc) is 2.27. The number of nitrogens with one attached hydrogen (secondary N) is 2. The van der Waals surface area contributed by atoms with Gasteiger partial charge in [-0.3, -0.25) is 14.6 Å². The molecule has 7 heteroatoms. The van der Waals surface area contributed by atoms with Gasteiger partial charge in [-0.2, -0.15) is 0 Å². The van der Waals surface area contributed by atoms with Crippen molar-refractivity contribution in [2.75, 3.05) is 26.5 Å². The summed E-state index contributed by atoms with van der Waals surface area (Å²) >= 11 is 0. The zero-order valence-electron chi connectivity index (χ0n) is 11.0. The number of hydrazine groups is 1. The molecule has 0 saturated carbocycles. The summed E-state index contributed by atoms with van der Waals surface area (Å²) in [5, 5.41) is 3.23. The maximum Gasteiger partial charge on any atom is 0.206 e. The lowest BCUT2D eigenvalue weighted by atomic mass is 10.3. The van der Waals surface area contributed by atoms with Gasteiger partial charge in [-0.05, 0) is 13.3 Å². The number of ether oxygens (including phenoxy) is 1. The average molecular weight is 264 g/mol. The Labute approximate surface area is 106 Å². The van der Waals surface area contributed by atoms with E-state index in [4.69, 9.17) is 10.6 Å². The second-order valence-electron chi connectivity index (χ2n) is 3.97. The van der Waals surface area contributed by atoms with Gasteiger partial charge in [0.15, 0.2) is 0 Å². The fourth-order valence-corrected chi connectivity index (χ4v) is 1.62. The quantitative estimate of drug-likeness (QED) is 0.252. The van der Waals surface area contributed by atoms with Crippen molar-refractivity contribution in [2.24, 2.45) is 10.8 Å². The minimum Gasteiger partial charge on any atom is -0.383 e. The Bertz CT molecular complexity index is 261. The maximum absolute atomic E-state index is 11.1. The first-order valence-electron chi connectivity index (χ1n) is 5.60. The van der Waals surface area contributed by atoms with E-state index >= 15 is 0 Å². The number of aliphatic imine (C=N–C) groups is 1. The molecular weight excluding hydrogens is 240 g/mol. The van der Waals surface area contributed by atoms with Crippen LogP contribution in [0.1, 0.15) is 20.3 Å². The van der Waals surface area contributed by atoms with Gasteiger partial charge >= 0.3 is 0 Å². The fraction of sp³-hybridized carbons (Fsp3) is 0.900. The van der Waals surface area contributed by atoms with Crippen molar-refractivity contribution in [1.29, 1.82) is 0 Å². The first-order chi connectivity index (χ1) is 8.01. The number of hydrogen-bond donors (Lipinski definition) is 3. The standard InChI is InChI=1S/C10H24N4O2S/c1-8(7-16-3)13-10(14-11)12-6-5-9(2)17(4)15/h8-9H,5-7,11H2,1-4H3,(H2,12,13,14). The zero-order valence-corrected chi connectivity index (χ0v) is 11.8. The SMILES string of the molecule is COCC(C)NC(=NCCC(C)S(C)=O)NN.